The SMILES string of the molecule is Cc1cc(-n2c(=S)[nH]c3sc(C)c(C)c3c2=O)n(-c2ccccc2)n1. The molecule has 25 heavy (non-hydrogen) atoms. The Morgan fingerprint density at radius 3 is 2.60 bits per heavy atom. The summed E-state index contributed by atoms with van der Waals surface area (Å²) in [5.41, 5.74) is 2.58. The highest BCUT2D eigenvalue weighted by Gasteiger charge is 2.17. The molecule has 0 atom stereocenters. The number of nitrogens with one attached hydrogen (secondary N) is 1. The molecular formula is C18H16N4OS2. The molecule has 1 N–H and O–H groups in total. The average molecular weight is 368 g/mol. The Labute approximate surface area is 153 Å². The first-order chi connectivity index (χ1) is 12.0. The molecule has 0 unspecified atom stereocenters. The summed E-state index contributed by atoms with van der Waals surface area (Å²) in [6.45, 7) is 5.88. The topological polar surface area (TPSA) is 55.6 Å². The molecule has 4 aromatic rings. The van der Waals surface area contributed by atoms with Crippen molar-refractivity contribution in [2.75, 3.05) is 0 Å². The summed E-state index contributed by atoms with van der Waals surface area (Å²) < 4.78 is 3.65. The Morgan fingerprint density at radius 1 is 1.16 bits per heavy atom. The van der Waals surface area contributed by atoms with Crippen molar-refractivity contribution in [3.8, 4) is 11.5 Å². The lowest BCUT2D eigenvalue weighted by Gasteiger charge is -2.10. The summed E-state index contributed by atoms with van der Waals surface area (Å²) in [6, 6.07) is 11.6. The number of fused-ring (bicyclic) bond motifs is 1. The lowest BCUT2D eigenvalue weighted by atomic mass is 10.2. The molecule has 5 nitrogen and oxygen atoms in total. The fraction of sp³-hybridized carbons (Fsp3) is 0.167. The Morgan fingerprint density at radius 2 is 1.88 bits per heavy atom. The molecule has 0 spiro atoms. The van der Waals surface area contributed by atoms with E-state index in [1.54, 1.807) is 16.0 Å². The van der Waals surface area contributed by atoms with Gasteiger partial charge in [0.1, 0.15) is 10.6 Å². The van der Waals surface area contributed by atoms with E-state index in [9.17, 15) is 4.79 Å². The van der Waals surface area contributed by atoms with Gasteiger partial charge < -0.3 is 4.98 Å². The molecule has 0 aliphatic rings. The van der Waals surface area contributed by atoms with Gasteiger partial charge in [-0.3, -0.25) is 4.79 Å². The fourth-order valence-corrected chi connectivity index (χ4v) is 4.34. The lowest BCUT2D eigenvalue weighted by Crippen LogP contribution is -2.23. The number of aromatic amines is 1. The highest BCUT2D eigenvalue weighted by atomic mass is 32.1. The van der Waals surface area contributed by atoms with Crippen LogP contribution in [0.3, 0.4) is 0 Å². The first-order valence-electron chi connectivity index (χ1n) is 7.85. The minimum atomic E-state index is -0.113. The summed E-state index contributed by atoms with van der Waals surface area (Å²) in [7, 11) is 0. The molecular weight excluding hydrogens is 352 g/mol. The highest BCUT2D eigenvalue weighted by molar-refractivity contribution is 7.71. The van der Waals surface area contributed by atoms with Crippen LogP contribution in [0, 0.1) is 25.5 Å². The number of nitrogens with zero attached hydrogens (tertiary/aromatic N) is 3. The largest absolute Gasteiger partial charge is 0.323 e. The Bertz CT molecular complexity index is 1210. The summed E-state index contributed by atoms with van der Waals surface area (Å²) in [4.78, 5) is 18.4. The summed E-state index contributed by atoms with van der Waals surface area (Å²) in [6.07, 6.45) is 0. The van der Waals surface area contributed by atoms with Gasteiger partial charge in [0.25, 0.3) is 5.56 Å². The van der Waals surface area contributed by atoms with Gasteiger partial charge in [-0.05, 0) is 50.7 Å². The highest BCUT2D eigenvalue weighted by Crippen LogP contribution is 2.26. The Hall–Kier alpha value is -2.51. The molecule has 0 saturated heterocycles. The van der Waals surface area contributed by atoms with Crippen LogP contribution in [0.1, 0.15) is 16.1 Å². The van der Waals surface area contributed by atoms with Crippen molar-refractivity contribution in [1.82, 2.24) is 19.3 Å². The van der Waals surface area contributed by atoms with Crippen LogP contribution in [-0.2, 0) is 0 Å². The number of para-hydroxylation sites is 1. The molecule has 1 aromatic carbocycles. The second-order valence-electron chi connectivity index (χ2n) is 5.95. The Kier molecular flexibility index (Phi) is 3.70. The van der Waals surface area contributed by atoms with Crippen molar-refractivity contribution in [3.05, 3.63) is 67.7 Å². The second-order valence-corrected chi connectivity index (χ2v) is 7.56. The molecule has 7 heteroatoms. The van der Waals surface area contributed by atoms with Crippen molar-refractivity contribution in [1.29, 1.82) is 0 Å². The number of hydrogen-bond donors (Lipinski definition) is 1. The summed E-state index contributed by atoms with van der Waals surface area (Å²) >= 11 is 7.05. The van der Waals surface area contributed by atoms with Crippen molar-refractivity contribution >= 4 is 33.8 Å². The molecule has 0 aliphatic carbocycles. The predicted octanol–water partition coefficient (Wildman–Crippen LogP) is 4.22. The zero-order valence-electron chi connectivity index (χ0n) is 14.0. The quantitative estimate of drug-likeness (QED) is 0.539. The van der Waals surface area contributed by atoms with E-state index in [0.29, 0.717) is 16.0 Å². The number of H-pyrrole nitrogens is 1. The number of rotatable bonds is 2. The van der Waals surface area contributed by atoms with Gasteiger partial charge in [0.05, 0.1) is 16.8 Å². The molecule has 0 radical (unpaired) electrons. The van der Waals surface area contributed by atoms with Crippen LogP contribution in [0.4, 0.5) is 0 Å². The molecule has 4 rings (SSSR count). The normalized spacial score (nSPS) is 11.3. The van der Waals surface area contributed by atoms with E-state index >= 15 is 0 Å². The molecule has 3 aromatic heterocycles. The minimum absolute atomic E-state index is 0.113. The van der Waals surface area contributed by atoms with Crippen LogP contribution in [-0.4, -0.2) is 19.3 Å². The molecule has 0 amide bonds. The molecule has 126 valence electrons. The molecule has 3 heterocycles. The van der Waals surface area contributed by atoms with Crippen molar-refractivity contribution in [2.45, 2.75) is 20.8 Å². The first-order valence-corrected chi connectivity index (χ1v) is 9.07. The van der Waals surface area contributed by atoms with Gasteiger partial charge in [-0.1, -0.05) is 18.2 Å². The third-order valence-electron chi connectivity index (χ3n) is 4.27. The zero-order valence-corrected chi connectivity index (χ0v) is 15.7. The number of thiophene rings is 1. The van der Waals surface area contributed by atoms with Crippen LogP contribution in [0.2, 0.25) is 0 Å². The maximum absolute atomic E-state index is 13.2. The van der Waals surface area contributed by atoms with Crippen molar-refractivity contribution < 1.29 is 0 Å². The van der Waals surface area contributed by atoms with Crippen LogP contribution < -0.4 is 5.56 Å². The van der Waals surface area contributed by atoms with Crippen LogP contribution >= 0.6 is 23.6 Å². The summed E-state index contributed by atoms with van der Waals surface area (Å²) in [5, 5.41) is 5.24. The van der Waals surface area contributed by atoms with Gasteiger partial charge in [-0.2, -0.15) is 5.10 Å². The minimum Gasteiger partial charge on any atom is -0.323 e. The first kappa shape index (κ1) is 16.0. The molecule has 0 fully saturated rings. The predicted molar refractivity (Wildman–Crippen MR) is 104 cm³/mol. The van der Waals surface area contributed by atoms with E-state index in [0.717, 1.165) is 26.7 Å². The average Bonchev–Trinajstić information content (AvgIpc) is 3.09. The van der Waals surface area contributed by atoms with E-state index in [-0.39, 0.29) is 5.56 Å². The maximum Gasteiger partial charge on any atom is 0.269 e. The van der Waals surface area contributed by atoms with E-state index < -0.39 is 0 Å². The molecule has 0 bridgehead atoms. The van der Waals surface area contributed by atoms with Crippen LogP contribution in [0.25, 0.3) is 21.7 Å². The number of aryl methyl sites for hydroxylation is 3. The smallest absolute Gasteiger partial charge is 0.269 e. The number of benzene rings is 1. The third-order valence-corrected chi connectivity index (χ3v) is 5.68. The van der Waals surface area contributed by atoms with Crippen LogP contribution in [0.5, 0.6) is 0 Å². The number of hydrogen-bond acceptors (Lipinski definition) is 4. The van der Waals surface area contributed by atoms with E-state index in [4.69, 9.17) is 12.2 Å². The lowest BCUT2D eigenvalue weighted by molar-refractivity contribution is 0.787. The standard InChI is InChI=1S/C18H16N4OS2/c1-10-9-14(22(20-10)13-7-5-4-6-8-13)21-17(23)15-11(2)12(3)25-16(15)19-18(21)24/h4-9H,1-3H3,(H,19,24). The van der Waals surface area contributed by atoms with Gasteiger partial charge in [-0.25, -0.2) is 9.25 Å². The molecule has 0 aliphatic heterocycles. The number of aromatic nitrogens is 4. The fourth-order valence-electron chi connectivity index (χ4n) is 2.94. The van der Waals surface area contributed by atoms with Gasteiger partial charge in [0.15, 0.2) is 4.77 Å². The zero-order chi connectivity index (χ0) is 17.7. The van der Waals surface area contributed by atoms with E-state index in [2.05, 4.69) is 10.1 Å². The van der Waals surface area contributed by atoms with E-state index in [1.807, 2.05) is 57.2 Å². The van der Waals surface area contributed by atoms with Gasteiger partial charge >= 0.3 is 0 Å². The monoisotopic (exact) mass is 368 g/mol. The Balaban J connectivity index is 2.09. The van der Waals surface area contributed by atoms with Crippen LogP contribution in [0.15, 0.2) is 41.2 Å². The van der Waals surface area contributed by atoms with Crippen molar-refractivity contribution in [2.24, 2.45) is 0 Å². The van der Waals surface area contributed by atoms with Gasteiger partial charge in [-0.15, -0.1) is 11.3 Å². The molecule has 0 saturated carbocycles. The third kappa shape index (κ3) is 2.47. The maximum atomic E-state index is 13.2. The van der Waals surface area contributed by atoms with E-state index in [1.165, 1.54) is 4.57 Å². The summed E-state index contributed by atoms with van der Waals surface area (Å²) in [5.74, 6) is 0.639. The second kappa shape index (κ2) is 5.79. The van der Waals surface area contributed by atoms with Crippen molar-refractivity contribution in [3.63, 3.8) is 0 Å². The van der Waals surface area contributed by atoms with Gasteiger partial charge in [0, 0.05) is 10.9 Å². The van der Waals surface area contributed by atoms with Gasteiger partial charge in [0.2, 0.25) is 0 Å².